The minimum atomic E-state index is -0.188. The van der Waals surface area contributed by atoms with Crippen LogP contribution >= 0.6 is 0 Å². The Kier molecular flexibility index (Phi) is 5.19. The second-order valence-electron chi connectivity index (χ2n) is 7.83. The van der Waals surface area contributed by atoms with Gasteiger partial charge in [0.25, 0.3) is 0 Å². The number of nitrogens with two attached hydrogens (primary N) is 1. The molecular formula is C27H22N4O. The van der Waals surface area contributed by atoms with Crippen LogP contribution < -0.4 is 10.5 Å². The summed E-state index contributed by atoms with van der Waals surface area (Å²) in [4.78, 5) is 0. The number of nitriles is 1. The van der Waals surface area contributed by atoms with Crippen LogP contribution in [0.3, 0.4) is 0 Å². The summed E-state index contributed by atoms with van der Waals surface area (Å²) in [6.45, 7) is 0. The average Bonchev–Trinajstić information content (AvgIpc) is 3.27. The lowest BCUT2D eigenvalue weighted by Crippen LogP contribution is -2.20. The molecule has 1 aromatic heterocycles. The van der Waals surface area contributed by atoms with E-state index < -0.39 is 0 Å². The van der Waals surface area contributed by atoms with Crippen LogP contribution in [0.2, 0.25) is 0 Å². The van der Waals surface area contributed by atoms with Crippen LogP contribution in [0.25, 0.3) is 22.4 Å². The van der Waals surface area contributed by atoms with Crippen LogP contribution in [0.5, 0.6) is 5.88 Å². The molecule has 2 heterocycles. The molecular weight excluding hydrogens is 396 g/mol. The van der Waals surface area contributed by atoms with Gasteiger partial charge in [0.2, 0.25) is 11.8 Å². The summed E-state index contributed by atoms with van der Waals surface area (Å²) in [7, 11) is 0. The Hall–Kier alpha value is -4.30. The highest BCUT2D eigenvalue weighted by Gasteiger charge is 2.34. The van der Waals surface area contributed by atoms with E-state index in [4.69, 9.17) is 10.5 Å². The van der Waals surface area contributed by atoms with Gasteiger partial charge in [-0.15, -0.1) is 5.10 Å². The Labute approximate surface area is 186 Å². The molecule has 0 saturated heterocycles. The molecule has 3 aromatic carbocycles. The van der Waals surface area contributed by atoms with Gasteiger partial charge in [-0.05, 0) is 29.5 Å². The zero-order valence-corrected chi connectivity index (χ0v) is 17.5. The van der Waals surface area contributed by atoms with Crippen molar-refractivity contribution in [3.8, 4) is 34.3 Å². The van der Waals surface area contributed by atoms with E-state index in [0.29, 0.717) is 11.5 Å². The fourth-order valence-corrected chi connectivity index (χ4v) is 4.27. The van der Waals surface area contributed by atoms with Gasteiger partial charge in [-0.25, -0.2) is 0 Å². The van der Waals surface area contributed by atoms with Crippen LogP contribution in [0.15, 0.2) is 96.4 Å². The zero-order chi connectivity index (χ0) is 21.9. The summed E-state index contributed by atoms with van der Waals surface area (Å²) >= 11 is 0. The maximum absolute atomic E-state index is 9.82. The van der Waals surface area contributed by atoms with Gasteiger partial charge in [0.1, 0.15) is 6.07 Å². The number of nitrogens with zero attached hydrogens (tertiary/aromatic N) is 2. The number of allylic oxidation sites excluding steroid dienone is 1. The summed E-state index contributed by atoms with van der Waals surface area (Å²) in [5.41, 5.74) is 12.8. The fourth-order valence-electron chi connectivity index (χ4n) is 4.27. The minimum Gasteiger partial charge on any atom is -0.420 e. The van der Waals surface area contributed by atoms with E-state index in [-0.39, 0.29) is 11.8 Å². The third kappa shape index (κ3) is 3.63. The van der Waals surface area contributed by atoms with Gasteiger partial charge in [0, 0.05) is 11.5 Å². The molecule has 0 radical (unpaired) electrons. The van der Waals surface area contributed by atoms with E-state index in [0.717, 1.165) is 40.8 Å². The molecule has 0 bridgehead atoms. The van der Waals surface area contributed by atoms with Crippen molar-refractivity contribution in [3.63, 3.8) is 0 Å². The monoisotopic (exact) mass is 418 g/mol. The maximum atomic E-state index is 9.82. The lowest BCUT2D eigenvalue weighted by molar-refractivity contribution is 0.371. The van der Waals surface area contributed by atoms with Crippen molar-refractivity contribution >= 4 is 0 Å². The standard InChI is InChI=1S/C27H22N4O/c28-17-23-22(16-11-18-7-3-1-4-8-18)24-25(30-31-27(24)32-26(23)29)21-14-12-20(13-15-21)19-9-5-2-6-10-19/h1-10,12-15,22H,11,16,29H2,(H,30,31). The van der Waals surface area contributed by atoms with Crippen LogP contribution in [0.4, 0.5) is 0 Å². The Morgan fingerprint density at radius 3 is 2.19 bits per heavy atom. The molecule has 1 unspecified atom stereocenters. The van der Waals surface area contributed by atoms with Gasteiger partial charge in [-0.2, -0.15) is 5.26 Å². The van der Waals surface area contributed by atoms with Gasteiger partial charge in [0.05, 0.1) is 16.8 Å². The normalized spacial score (nSPS) is 15.0. The third-order valence-corrected chi connectivity index (χ3v) is 5.90. The number of hydrogen-bond donors (Lipinski definition) is 2. The van der Waals surface area contributed by atoms with Gasteiger partial charge >= 0.3 is 0 Å². The molecule has 156 valence electrons. The number of nitrogens with one attached hydrogen (secondary N) is 1. The summed E-state index contributed by atoms with van der Waals surface area (Å²) in [6.07, 6.45) is 1.56. The molecule has 5 rings (SSSR count). The molecule has 32 heavy (non-hydrogen) atoms. The molecule has 0 amide bonds. The van der Waals surface area contributed by atoms with Crippen molar-refractivity contribution in [3.05, 3.63) is 108 Å². The van der Waals surface area contributed by atoms with E-state index in [1.165, 1.54) is 5.56 Å². The number of H-pyrrole nitrogens is 1. The van der Waals surface area contributed by atoms with Crippen LogP contribution in [-0.4, -0.2) is 10.2 Å². The lowest BCUT2D eigenvalue weighted by atomic mass is 9.84. The van der Waals surface area contributed by atoms with Crippen LogP contribution in [0, 0.1) is 11.3 Å². The second-order valence-corrected chi connectivity index (χ2v) is 7.83. The number of rotatable bonds is 5. The first kappa shape index (κ1) is 19.7. The summed E-state index contributed by atoms with van der Waals surface area (Å²) in [5.74, 6) is 0.392. The largest absolute Gasteiger partial charge is 0.420 e. The van der Waals surface area contributed by atoms with E-state index >= 15 is 0 Å². The number of aryl methyl sites for hydroxylation is 1. The van der Waals surface area contributed by atoms with E-state index in [9.17, 15) is 5.26 Å². The first-order chi connectivity index (χ1) is 15.7. The number of benzene rings is 3. The molecule has 5 nitrogen and oxygen atoms in total. The molecule has 4 aromatic rings. The average molecular weight is 419 g/mol. The molecule has 1 aliphatic heterocycles. The van der Waals surface area contributed by atoms with E-state index in [1.54, 1.807) is 0 Å². The van der Waals surface area contributed by atoms with Gasteiger partial charge in [-0.1, -0.05) is 84.9 Å². The number of aromatic nitrogens is 2. The van der Waals surface area contributed by atoms with Crippen molar-refractivity contribution < 1.29 is 4.74 Å². The molecule has 3 N–H and O–H groups in total. The molecule has 0 fully saturated rings. The Morgan fingerprint density at radius 2 is 1.50 bits per heavy atom. The highest BCUT2D eigenvalue weighted by molar-refractivity contribution is 5.72. The predicted molar refractivity (Wildman–Crippen MR) is 124 cm³/mol. The summed E-state index contributed by atoms with van der Waals surface area (Å²) in [6, 6.07) is 31.1. The molecule has 0 saturated carbocycles. The van der Waals surface area contributed by atoms with Crippen molar-refractivity contribution in [2.24, 2.45) is 5.73 Å². The topological polar surface area (TPSA) is 87.7 Å². The highest BCUT2D eigenvalue weighted by atomic mass is 16.5. The zero-order valence-electron chi connectivity index (χ0n) is 17.5. The third-order valence-electron chi connectivity index (χ3n) is 5.90. The smallest absolute Gasteiger partial charge is 0.244 e. The van der Waals surface area contributed by atoms with Crippen molar-refractivity contribution in [2.45, 2.75) is 18.8 Å². The van der Waals surface area contributed by atoms with Gasteiger partial charge in [-0.3, -0.25) is 5.10 Å². The first-order valence-corrected chi connectivity index (χ1v) is 10.6. The van der Waals surface area contributed by atoms with Crippen molar-refractivity contribution in [2.75, 3.05) is 0 Å². The van der Waals surface area contributed by atoms with Crippen molar-refractivity contribution in [1.82, 2.24) is 10.2 Å². The summed E-state index contributed by atoms with van der Waals surface area (Å²) in [5, 5.41) is 17.3. The molecule has 0 spiro atoms. The van der Waals surface area contributed by atoms with Gasteiger partial charge in [0.15, 0.2) is 0 Å². The minimum absolute atomic E-state index is 0.135. The first-order valence-electron chi connectivity index (χ1n) is 10.6. The number of ether oxygens (including phenoxy) is 1. The quantitative estimate of drug-likeness (QED) is 0.445. The lowest BCUT2D eigenvalue weighted by Gasteiger charge is -2.23. The Morgan fingerprint density at radius 1 is 0.875 bits per heavy atom. The molecule has 0 aliphatic carbocycles. The van der Waals surface area contributed by atoms with Crippen LogP contribution in [-0.2, 0) is 6.42 Å². The second kappa shape index (κ2) is 8.44. The predicted octanol–water partition coefficient (Wildman–Crippen LogP) is 5.55. The van der Waals surface area contributed by atoms with Gasteiger partial charge < -0.3 is 10.5 Å². The molecule has 5 heteroatoms. The van der Waals surface area contributed by atoms with Crippen molar-refractivity contribution in [1.29, 1.82) is 5.26 Å². The number of aromatic amines is 1. The Balaban J connectivity index is 1.50. The fraction of sp³-hybridized carbons (Fsp3) is 0.111. The molecule has 1 atom stereocenters. The SMILES string of the molecule is N#CC1=C(N)Oc2n[nH]c(-c3ccc(-c4ccccc4)cc3)c2C1CCc1ccccc1. The molecule has 1 aliphatic rings. The number of hydrogen-bond acceptors (Lipinski definition) is 4. The van der Waals surface area contributed by atoms with E-state index in [2.05, 4.69) is 64.8 Å². The summed E-state index contributed by atoms with van der Waals surface area (Å²) < 4.78 is 5.71. The highest BCUT2D eigenvalue weighted by Crippen LogP contribution is 2.44. The van der Waals surface area contributed by atoms with Crippen LogP contribution in [0.1, 0.15) is 23.5 Å². The van der Waals surface area contributed by atoms with E-state index in [1.807, 2.05) is 36.4 Å². The number of fused-ring (bicyclic) bond motifs is 1. The Bertz CT molecular complexity index is 1300. The maximum Gasteiger partial charge on any atom is 0.244 e.